The van der Waals surface area contributed by atoms with E-state index in [0.717, 1.165) is 17.4 Å². The molecule has 3 rings (SSSR count). The summed E-state index contributed by atoms with van der Waals surface area (Å²) < 4.78 is 18.8. The lowest BCUT2D eigenvalue weighted by molar-refractivity contribution is -0.152. The minimum atomic E-state index is -0.705. The lowest BCUT2D eigenvalue weighted by atomic mass is 9.72. The highest BCUT2D eigenvalue weighted by atomic mass is 35.5. The number of likely N-dealkylation sites (tertiary alicyclic amines) is 1. The smallest absolute Gasteiger partial charge is 0.316 e. The van der Waals surface area contributed by atoms with Crippen molar-refractivity contribution in [3.63, 3.8) is 0 Å². The summed E-state index contributed by atoms with van der Waals surface area (Å²) >= 11 is 0. The summed E-state index contributed by atoms with van der Waals surface area (Å²) in [5.41, 5.74) is 1.47. The van der Waals surface area contributed by atoms with E-state index >= 15 is 0 Å². The number of hydrogen-bond acceptors (Lipinski definition) is 4. The van der Waals surface area contributed by atoms with Crippen LogP contribution in [0.1, 0.15) is 36.9 Å². The van der Waals surface area contributed by atoms with Gasteiger partial charge in [0.05, 0.1) is 18.1 Å². The Bertz CT molecular complexity index is 862. The molecule has 2 aromatic carbocycles. The summed E-state index contributed by atoms with van der Waals surface area (Å²) in [6.45, 7) is 7.22. The lowest BCUT2D eigenvalue weighted by Gasteiger charge is -2.43. The summed E-state index contributed by atoms with van der Waals surface area (Å²) in [6, 6.07) is 15.5. The van der Waals surface area contributed by atoms with Crippen molar-refractivity contribution in [1.82, 2.24) is 4.90 Å². The van der Waals surface area contributed by atoms with Gasteiger partial charge in [0.1, 0.15) is 12.1 Å². The van der Waals surface area contributed by atoms with Gasteiger partial charge in [-0.2, -0.15) is 0 Å². The zero-order chi connectivity index (χ0) is 20.9. The van der Waals surface area contributed by atoms with E-state index in [0.29, 0.717) is 38.1 Å². The van der Waals surface area contributed by atoms with Gasteiger partial charge in [-0.05, 0) is 43.0 Å². The Hall–Kier alpha value is -2.50. The fourth-order valence-corrected chi connectivity index (χ4v) is 4.17. The van der Waals surface area contributed by atoms with Gasteiger partial charge in [-0.3, -0.25) is 14.5 Å². The predicted molar refractivity (Wildman–Crippen MR) is 117 cm³/mol. The van der Waals surface area contributed by atoms with Crippen molar-refractivity contribution in [1.29, 1.82) is 0 Å². The molecule has 0 aliphatic carbocycles. The van der Waals surface area contributed by atoms with E-state index in [1.165, 1.54) is 12.1 Å². The number of benzene rings is 2. The van der Waals surface area contributed by atoms with Crippen LogP contribution in [0.25, 0.3) is 0 Å². The number of halogens is 2. The van der Waals surface area contributed by atoms with Crippen LogP contribution in [0.4, 0.5) is 4.39 Å². The van der Waals surface area contributed by atoms with Gasteiger partial charge in [-0.25, -0.2) is 4.39 Å². The van der Waals surface area contributed by atoms with E-state index in [2.05, 4.69) is 11.5 Å². The Morgan fingerprint density at radius 3 is 2.30 bits per heavy atom. The number of rotatable bonds is 7. The van der Waals surface area contributed by atoms with Crippen molar-refractivity contribution < 1.29 is 18.7 Å². The molecule has 0 aromatic heterocycles. The molecule has 30 heavy (non-hydrogen) atoms. The molecule has 0 amide bonds. The molecule has 0 bridgehead atoms. The zero-order valence-corrected chi connectivity index (χ0v) is 17.9. The fraction of sp³-hybridized carbons (Fsp3) is 0.333. The number of carbonyl (C=O) groups excluding carboxylic acids is 2. The Morgan fingerprint density at radius 1 is 1.17 bits per heavy atom. The van der Waals surface area contributed by atoms with Crippen LogP contribution in [0.15, 0.2) is 66.7 Å². The monoisotopic (exact) mass is 431 g/mol. The Balaban J connectivity index is 0.00000320. The number of esters is 1. The van der Waals surface area contributed by atoms with Gasteiger partial charge in [-0.1, -0.05) is 49.0 Å². The van der Waals surface area contributed by atoms with E-state index in [-0.39, 0.29) is 30.2 Å². The number of aldehydes is 1. The van der Waals surface area contributed by atoms with Gasteiger partial charge < -0.3 is 4.74 Å². The van der Waals surface area contributed by atoms with Crippen LogP contribution in [-0.4, -0.2) is 36.9 Å². The molecule has 1 aliphatic rings. The minimum Gasteiger partial charge on any atom is -0.465 e. The maximum Gasteiger partial charge on any atom is 0.316 e. The third kappa shape index (κ3) is 4.79. The number of carbonyl (C=O) groups is 2. The molecule has 1 fully saturated rings. The summed E-state index contributed by atoms with van der Waals surface area (Å²) in [4.78, 5) is 26.6. The molecule has 2 aromatic rings. The molecule has 4 nitrogen and oxygen atoms in total. The minimum absolute atomic E-state index is 0. The normalized spacial score (nSPS) is 16.7. The Labute approximate surface area is 183 Å². The van der Waals surface area contributed by atoms with Gasteiger partial charge in [0.15, 0.2) is 0 Å². The molecular formula is C24H27ClFNO3. The van der Waals surface area contributed by atoms with E-state index in [9.17, 15) is 14.0 Å². The highest BCUT2D eigenvalue weighted by Gasteiger charge is 2.45. The first kappa shape index (κ1) is 23.8. The van der Waals surface area contributed by atoms with Crippen molar-refractivity contribution in [2.45, 2.75) is 31.2 Å². The molecule has 160 valence electrons. The standard InChI is InChI=1S/C24H26FNO3.ClH/c1-3-29-23(28)24(20-7-5-4-6-8-20)13-15-26(16-14-24)22(18(2)17-27)19-9-11-21(25)12-10-19;/h4-12,17,22H,2-3,13-16H2,1H3;1H. The van der Waals surface area contributed by atoms with Crippen LogP contribution >= 0.6 is 12.4 Å². The Kier molecular flexibility index (Phi) is 8.33. The van der Waals surface area contributed by atoms with Gasteiger partial charge >= 0.3 is 5.97 Å². The van der Waals surface area contributed by atoms with Crippen LogP contribution in [0, 0.1) is 5.82 Å². The fourth-order valence-electron chi connectivity index (χ4n) is 4.17. The highest BCUT2D eigenvalue weighted by Crippen LogP contribution is 2.40. The van der Waals surface area contributed by atoms with Gasteiger partial charge in [0, 0.05) is 18.7 Å². The summed E-state index contributed by atoms with van der Waals surface area (Å²) in [5.74, 6) is -0.535. The molecular weight excluding hydrogens is 405 g/mol. The number of ether oxygens (including phenoxy) is 1. The maximum atomic E-state index is 13.4. The van der Waals surface area contributed by atoms with Crippen molar-refractivity contribution in [2.75, 3.05) is 19.7 Å². The van der Waals surface area contributed by atoms with E-state index in [1.54, 1.807) is 12.1 Å². The molecule has 1 saturated heterocycles. The van der Waals surface area contributed by atoms with Crippen molar-refractivity contribution in [2.24, 2.45) is 0 Å². The second-order valence-electron chi connectivity index (χ2n) is 7.35. The molecule has 0 N–H and O–H groups in total. The topological polar surface area (TPSA) is 46.6 Å². The summed E-state index contributed by atoms with van der Waals surface area (Å²) in [5, 5.41) is 0. The third-order valence-corrected chi connectivity index (χ3v) is 5.70. The van der Waals surface area contributed by atoms with Crippen molar-refractivity contribution in [3.8, 4) is 0 Å². The van der Waals surface area contributed by atoms with Crippen LogP contribution in [0.5, 0.6) is 0 Å². The van der Waals surface area contributed by atoms with Gasteiger partial charge in [0.25, 0.3) is 0 Å². The quantitative estimate of drug-likeness (QED) is 0.364. The average molecular weight is 432 g/mol. The molecule has 0 saturated carbocycles. The van der Waals surface area contributed by atoms with E-state index < -0.39 is 5.41 Å². The molecule has 6 heteroatoms. The number of hydrogen-bond donors (Lipinski definition) is 0. The maximum absolute atomic E-state index is 13.4. The predicted octanol–water partition coefficient (Wildman–Crippen LogP) is 4.64. The number of nitrogens with zero attached hydrogens (tertiary/aromatic N) is 1. The van der Waals surface area contributed by atoms with E-state index in [4.69, 9.17) is 4.74 Å². The van der Waals surface area contributed by atoms with Crippen molar-refractivity contribution in [3.05, 3.63) is 83.7 Å². The molecule has 0 radical (unpaired) electrons. The first-order chi connectivity index (χ1) is 14.0. The zero-order valence-electron chi connectivity index (χ0n) is 17.1. The van der Waals surface area contributed by atoms with Crippen LogP contribution in [0.2, 0.25) is 0 Å². The first-order valence-electron chi connectivity index (χ1n) is 9.88. The van der Waals surface area contributed by atoms with Crippen molar-refractivity contribution >= 4 is 24.7 Å². The average Bonchev–Trinajstić information content (AvgIpc) is 2.76. The molecule has 1 atom stereocenters. The van der Waals surface area contributed by atoms with Gasteiger partial charge in [0.2, 0.25) is 0 Å². The largest absolute Gasteiger partial charge is 0.465 e. The van der Waals surface area contributed by atoms with Crippen LogP contribution < -0.4 is 0 Å². The first-order valence-corrected chi connectivity index (χ1v) is 9.88. The second-order valence-corrected chi connectivity index (χ2v) is 7.35. The molecule has 0 spiro atoms. The summed E-state index contributed by atoms with van der Waals surface area (Å²) in [7, 11) is 0. The second kappa shape index (κ2) is 10.5. The third-order valence-electron chi connectivity index (χ3n) is 5.70. The van der Waals surface area contributed by atoms with Gasteiger partial charge in [-0.15, -0.1) is 12.4 Å². The molecule has 1 heterocycles. The van der Waals surface area contributed by atoms with Crippen LogP contribution in [-0.2, 0) is 19.7 Å². The Morgan fingerprint density at radius 2 is 1.77 bits per heavy atom. The molecule has 1 aliphatic heterocycles. The molecule has 1 unspecified atom stereocenters. The lowest BCUT2D eigenvalue weighted by Crippen LogP contribution is -2.49. The SMILES string of the molecule is C=C(C=O)C(c1ccc(F)cc1)N1CCC(C(=O)OCC)(c2ccccc2)CC1.Cl. The summed E-state index contributed by atoms with van der Waals surface area (Å²) in [6.07, 6.45) is 1.89. The van der Waals surface area contributed by atoms with E-state index in [1.807, 2.05) is 37.3 Å². The number of piperidine rings is 1. The van der Waals surface area contributed by atoms with Crippen LogP contribution in [0.3, 0.4) is 0 Å². The highest BCUT2D eigenvalue weighted by molar-refractivity contribution is 5.85.